The molecule has 7 heavy (non-hydrogen) atoms. The van der Waals surface area contributed by atoms with Crippen LogP contribution in [0.25, 0.3) is 0 Å². The molecule has 2 aliphatic rings. The Hall–Kier alpha value is 0.250. The zero-order valence-electron chi connectivity index (χ0n) is 4.18. The Morgan fingerprint density at radius 2 is 2.29 bits per heavy atom. The van der Waals surface area contributed by atoms with Gasteiger partial charge in [-0.05, 0) is 25.3 Å². The van der Waals surface area contributed by atoms with Gasteiger partial charge in [-0.3, -0.25) is 0 Å². The first-order valence-electron chi connectivity index (χ1n) is 2.70. The van der Waals surface area contributed by atoms with Crippen LogP contribution in [0.3, 0.4) is 0 Å². The standard InChI is InChI=1S/C5H9N.ClH/c1-2-6-5-3-4(1)5;/h4-6H,1-3H2;1H. The van der Waals surface area contributed by atoms with E-state index in [1.165, 1.54) is 19.4 Å². The van der Waals surface area contributed by atoms with Gasteiger partial charge in [0.05, 0.1) is 0 Å². The molecule has 0 spiro atoms. The number of hydrogen-bond acceptors (Lipinski definition) is 1. The number of hydrogen-bond donors (Lipinski definition) is 1. The van der Waals surface area contributed by atoms with Gasteiger partial charge in [-0.15, -0.1) is 12.4 Å². The van der Waals surface area contributed by atoms with Gasteiger partial charge in [0.1, 0.15) is 0 Å². The second kappa shape index (κ2) is 1.64. The molecule has 0 radical (unpaired) electrons. The molecular weight excluding hydrogens is 110 g/mol. The molecule has 2 rings (SSSR count). The maximum atomic E-state index is 3.39. The van der Waals surface area contributed by atoms with Crippen LogP contribution < -0.4 is 5.32 Å². The number of fused-ring (bicyclic) bond motifs is 1. The highest BCUT2D eigenvalue weighted by molar-refractivity contribution is 5.85. The summed E-state index contributed by atoms with van der Waals surface area (Å²) in [4.78, 5) is 0. The highest BCUT2D eigenvalue weighted by Gasteiger charge is 2.40. The minimum absolute atomic E-state index is 0. The van der Waals surface area contributed by atoms with Crippen molar-refractivity contribution in [3.8, 4) is 0 Å². The monoisotopic (exact) mass is 119 g/mol. The van der Waals surface area contributed by atoms with Crippen molar-refractivity contribution in [2.24, 2.45) is 5.92 Å². The number of nitrogens with one attached hydrogen (secondary N) is 1. The zero-order valence-corrected chi connectivity index (χ0v) is 5.00. The molecule has 2 unspecified atom stereocenters. The van der Waals surface area contributed by atoms with Gasteiger partial charge in [-0.25, -0.2) is 0 Å². The van der Waals surface area contributed by atoms with Gasteiger partial charge < -0.3 is 5.32 Å². The van der Waals surface area contributed by atoms with Gasteiger partial charge in [0.2, 0.25) is 0 Å². The summed E-state index contributed by atoms with van der Waals surface area (Å²) in [5.74, 6) is 1.10. The van der Waals surface area contributed by atoms with Crippen molar-refractivity contribution in [2.45, 2.75) is 18.9 Å². The summed E-state index contributed by atoms with van der Waals surface area (Å²) in [6, 6.07) is 0.963. The van der Waals surface area contributed by atoms with Crippen LogP contribution in [0.2, 0.25) is 0 Å². The predicted molar refractivity (Wildman–Crippen MR) is 31.8 cm³/mol. The lowest BCUT2D eigenvalue weighted by molar-refractivity contribution is 0.741. The number of rotatable bonds is 0. The molecule has 2 atom stereocenters. The molecule has 0 aromatic rings. The molecule has 1 heterocycles. The molecular formula is C5H10ClN. The van der Waals surface area contributed by atoms with Crippen LogP contribution in [-0.2, 0) is 0 Å². The van der Waals surface area contributed by atoms with Crippen molar-refractivity contribution in [3.05, 3.63) is 0 Å². The number of halogens is 1. The average Bonchev–Trinajstić information content (AvgIpc) is 2.17. The van der Waals surface area contributed by atoms with E-state index >= 15 is 0 Å². The Bertz CT molecular complexity index is 66.5. The molecule has 0 bridgehead atoms. The summed E-state index contributed by atoms with van der Waals surface area (Å²) >= 11 is 0. The lowest BCUT2D eigenvalue weighted by Crippen LogP contribution is -2.10. The zero-order chi connectivity index (χ0) is 3.98. The molecule has 1 N–H and O–H groups in total. The van der Waals surface area contributed by atoms with E-state index in [2.05, 4.69) is 5.32 Å². The molecule has 1 saturated carbocycles. The first kappa shape index (κ1) is 5.39. The van der Waals surface area contributed by atoms with E-state index in [-0.39, 0.29) is 12.4 Å². The first-order chi connectivity index (χ1) is 2.97. The topological polar surface area (TPSA) is 12.0 Å². The fraction of sp³-hybridized carbons (Fsp3) is 1.00. The SMILES string of the molecule is C1CC2CC2N1.Cl. The second-order valence-electron chi connectivity index (χ2n) is 2.35. The van der Waals surface area contributed by atoms with Crippen molar-refractivity contribution in [2.75, 3.05) is 6.54 Å². The Labute approximate surface area is 49.9 Å². The van der Waals surface area contributed by atoms with E-state index in [1.807, 2.05) is 0 Å². The minimum atomic E-state index is 0. The van der Waals surface area contributed by atoms with E-state index in [0.29, 0.717) is 0 Å². The largest absolute Gasteiger partial charge is 0.314 e. The Morgan fingerprint density at radius 3 is 2.43 bits per heavy atom. The highest BCUT2D eigenvalue weighted by atomic mass is 35.5. The minimum Gasteiger partial charge on any atom is -0.314 e. The van der Waals surface area contributed by atoms with Gasteiger partial charge >= 0.3 is 0 Å². The summed E-state index contributed by atoms with van der Waals surface area (Å²) in [5.41, 5.74) is 0. The van der Waals surface area contributed by atoms with Crippen molar-refractivity contribution in [1.82, 2.24) is 5.32 Å². The Kier molecular flexibility index (Phi) is 1.26. The summed E-state index contributed by atoms with van der Waals surface area (Å²) in [6.07, 6.45) is 2.92. The van der Waals surface area contributed by atoms with Gasteiger partial charge in [-0.2, -0.15) is 0 Å². The van der Waals surface area contributed by atoms with Crippen LogP contribution in [0, 0.1) is 5.92 Å². The predicted octanol–water partition coefficient (Wildman–Crippen LogP) is 0.790. The quantitative estimate of drug-likeness (QED) is 0.497. The maximum Gasteiger partial charge on any atom is 0.00996 e. The fourth-order valence-corrected chi connectivity index (χ4v) is 1.27. The van der Waals surface area contributed by atoms with E-state index in [9.17, 15) is 0 Å². The summed E-state index contributed by atoms with van der Waals surface area (Å²) in [7, 11) is 0. The molecule has 0 amide bonds. The molecule has 1 aliphatic heterocycles. The normalized spacial score (nSPS) is 44.6. The lowest BCUT2D eigenvalue weighted by atomic mass is 10.3. The third-order valence-electron chi connectivity index (χ3n) is 1.84. The second-order valence-corrected chi connectivity index (χ2v) is 2.35. The van der Waals surface area contributed by atoms with E-state index in [4.69, 9.17) is 0 Å². The van der Waals surface area contributed by atoms with Crippen molar-refractivity contribution < 1.29 is 0 Å². The van der Waals surface area contributed by atoms with E-state index in [1.54, 1.807) is 0 Å². The van der Waals surface area contributed by atoms with Crippen LogP contribution in [0.1, 0.15) is 12.8 Å². The van der Waals surface area contributed by atoms with E-state index < -0.39 is 0 Å². The summed E-state index contributed by atoms with van der Waals surface area (Å²) in [6.45, 7) is 1.29. The average molecular weight is 120 g/mol. The molecule has 0 aromatic heterocycles. The molecule has 0 aromatic carbocycles. The van der Waals surface area contributed by atoms with Crippen molar-refractivity contribution in [3.63, 3.8) is 0 Å². The van der Waals surface area contributed by atoms with E-state index in [0.717, 1.165) is 12.0 Å². The lowest BCUT2D eigenvalue weighted by Gasteiger charge is -1.86. The first-order valence-corrected chi connectivity index (χ1v) is 2.70. The van der Waals surface area contributed by atoms with Gasteiger partial charge in [0.15, 0.2) is 0 Å². The fourth-order valence-electron chi connectivity index (χ4n) is 1.27. The molecule has 2 fully saturated rings. The Morgan fingerprint density at radius 1 is 1.43 bits per heavy atom. The van der Waals surface area contributed by atoms with Gasteiger partial charge in [0.25, 0.3) is 0 Å². The van der Waals surface area contributed by atoms with Gasteiger partial charge in [0, 0.05) is 6.04 Å². The molecule has 1 nitrogen and oxygen atoms in total. The van der Waals surface area contributed by atoms with Crippen molar-refractivity contribution in [1.29, 1.82) is 0 Å². The van der Waals surface area contributed by atoms with Crippen LogP contribution in [-0.4, -0.2) is 12.6 Å². The molecule has 2 heteroatoms. The van der Waals surface area contributed by atoms with Gasteiger partial charge in [-0.1, -0.05) is 0 Å². The maximum absolute atomic E-state index is 3.39. The van der Waals surface area contributed by atoms with Crippen LogP contribution in [0.4, 0.5) is 0 Å². The Balaban J connectivity index is 0.000000245. The third kappa shape index (κ3) is 0.752. The summed E-state index contributed by atoms with van der Waals surface area (Å²) in [5, 5.41) is 3.39. The summed E-state index contributed by atoms with van der Waals surface area (Å²) < 4.78 is 0. The molecule has 1 saturated heterocycles. The smallest absolute Gasteiger partial charge is 0.00996 e. The highest BCUT2D eigenvalue weighted by Crippen LogP contribution is 2.37. The van der Waals surface area contributed by atoms with Crippen LogP contribution in [0.15, 0.2) is 0 Å². The van der Waals surface area contributed by atoms with Crippen molar-refractivity contribution >= 4 is 12.4 Å². The molecule has 42 valence electrons. The third-order valence-corrected chi connectivity index (χ3v) is 1.84. The van der Waals surface area contributed by atoms with Crippen LogP contribution in [0.5, 0.6) is 0 Å². The number of piperidine rings is 1. The molecule has 1 aliphatic carbocycles. The van der Waals surface area contributed by atoms with Crippen LogP contribution >= 0.6 is 12.4 Å².